The van der Waals surface area contributed by atoms with E-state index in [4.69, 9.17) is 0 Å². The molecule has 1 N–H and O–H groups in total. The van der Waals surface area contributed by atoms with Crippen LogP contribution in [0.3, 0.4) is 0 Å². The highest BCUT2D eigenvalue weighted by Gasteiger charge is 2.27. The summed E-state index contributed by atoms with van der Waals surface area (Å²) < 4.78 is 0. The molecule has 1 aromatic rings. The molecule has 1 atom stereocenters. The molecule has 0 aliphatic heterocycles. The Morgan fingerprint density at radius 2 is 1.74 bits per heavy atom. The molecule has 0 aromatic heterocycles. The van der Waals surface area contributed by atoms with Crippen molar-refractivity contribution in [2.75, 3.05) is 0 Å². The number of benzene rings is 1. The first-order chi connectivity index (χ1) is 10.8. The van der Waals surface area contributed by atoms with Gasteiger partial charge >= 0.3 is 0 Å². The first kappa shape index (κ1) is 17.6. The Kier molecular flexibility index (Phi) is 5.53. The highest BCUT2D eigenvalue weighted by molar-refractivity contribution is 6.24. The Morgan fingerprint density at radius 1 is 1.09 bits per heavy atom. The molecule has 1 aromatic carbocycles. The van der Waals surface area contributed by atoms with Crippen LogP contribution in [0.2, 0.25) is 0 Å². The van der Waals surface area contributed by atoms with Crippen LogP contribution in [0.1, 0.15) is 73.6 Å². The molecule has 3 heteroatoms. The van der Waals surface area contributed by atoms with Crippen LogP contribution in [0.25, 0.3) is 0 Å². The molecule has 0 saturated heterocycles. The maximum atomic E-state index is 12.5. The summed E-state index contributed by atoms with van der Waals surface area (Å²) in [5.41, 5.74) is 0.674. The van der Waals surface area contributed by atoms with Gasteiger partial charge in [0.25, 0.3) is 0 Å². The van der Waals surface area contributed by atoms with Crippen molar-refractivity contribution >= 4 is 11.6 Å². The molecule has 0 radical (unpaired) electrons. The molecule has 23 heavy (non-hydrogen) atoms. The van der Waals surface area contributed by atoms with E-state index in [0.29, 0.717) is 35.5 Å². The molecule has 0 spiro atoms. The van der Waals surface area contributed by atoms with Crippen LogP contribution in [-0.4, -0.2) is 22.3 Å². The molecule has 1 aliphatic rings. The SMILES string of the molecule is CC(C)CCCC(C)(O)CCC1=CC(=O)c2ccccc2C1=O. The molecule has 124 valence electrons. The lowest BCUT2D eigenvalue weighted by Gasteiger charge is -2.25. The van der Waals surface area contributed by atoms with Gasteiger partial charge in [-0.3, -0.25) is 9.59 Å². The zero-order valence-electron chi connectivity index (χ0n) is 14.3. The summed E-state index contributed by atoms with van der Waals surface area (Å²) in [6.07, 6.45) is 5.15. The monoisotopic (exact) mass is 314 g/mol. The Hall–Kier alpha value is -1.74. The number of hydrogen-bond acceptors (Lipinski definition) is 3. The Bertz CT molecular complexity index is 624. The molecule has 0 saturated carbocycles. The van der Waals surface area contributed by atoms with E-state index in [9.17, 15) is 14.7 Å². The van der Waals surface area contributed by atoms with Crippen molar-refractivity contribution in [1.29, 1.82) is 0 Å². The standard InChI is InChI=1S/C20H26O3/c1-14(2)7-6-11-20(3,23)12-10-15-13-18(21)16-8-4-5-9-17(16)19(15)22/h4-5,8-9,13-14,23H,6-7,10-12H2,1-3H3. The molecule has 0 fully saturated rings. The van der Waals surface area contributed by atoms with Crippen molar-refractivity contribution in [2.24, 2.45) is 5.92 Å². The predicted octanol–water partition coefficient (Wildman–Crippen LogP) is 4.35. The molecule has 0 heterocycles. The van der Waals surface area contributed by atoms with Crippen molar-refractivity contribution in [3.8, 4) is 0 Å². The normalized spacial score (nSPS) is 17.0. The average molecular weight is 314 g/mol. The molecule has 1 aliphatic carbocycles. The molecule has 0 bridgehead atoms. The highest BCUT2D eigenvalue weighted by atomic mass is 16.3. The summed E-state index contributed by atoms with van der Waals surface area (Å²) >= 11 is 0. The largest absolute Gasteiger partial charge is 0.390 e. The Morgan fingerprint density at radius 3 is 2.39 bits per heavy atom. The summed E-state index contributed by atoms with van der Waals surface area (Å²) in [7, 11) is 0. The number of ketones is 2. The van der Waals surface area contributed by atoms with Gasteiger partial charge in [0.2, 0.25) is 0 Å². The summed E-state index contributed by atoms with van der Waals surface area (Å²) in [4.78, 5) is 24.6. The molecule has 2 rings (SSSR count). The van der Waals surface area contributed by atoms with Gasteiger partial charge in [-0.05, 0) is 38.2 Å². The topological polar surface area (TPSA) is 54.4 Å². The van der Waals surface area contributed by atoms with E-state index >= 15 is 0 Å². The lowest BCUT2D eigenvalue weighted by atomic mass is 9.84. The zero-order chi connectivity index (χ0) is 17.0. The molecular weight excluding hydrogens is 288 g/mol. The maximum absolute atomic E-state index is 12.5. The third-order valence-electron chi connectivity index (χ3n) is 4.46. The number of allylic oxidation sites excluding steroid dienone is 2. The smallest absolute Gasteiger partial charge is 0.189 e. The number of carbonyl (C=O) groups is 2. The van der Waals surface area contributed by atoms with Crippen molar-refractivity contribution < 1.29 is 14.7 Å². The number of hydrogen-bond donors (Lipinski definition) is 1. The fourth-order valence-electron chi connectivity index (χ4n) is 2.98. The number of fused-ring (bicyclic) bond motifs is 1. The summed E-state index contributed by atoms with van der Waals surface area (Å²) in [6.45, 7) is 6.16. The third kappa shape index (κ3) is 4.61. The molecule has 3 nitrogen and oxygen atoms in total. The minimum absolute atomic E-state index is 0.0850. The molecule has 0 amide bonds. The van der Waals surface area contributed by atoms with Crippen LogP contribution < -0.4 is 0 Å². The number of rotatable bonds is 7. The second-order valence-corrected chi connectivity index (χ2v) is 7.19. The van der Waals surface area contributed by atoms with Gasteiger partial charge in [0.15, 0.2) is 11.6 Å². The lowest BCUT2D eigenvalue weighted by Crippen LogP contribution is -2.26. The minimum Gasteiger partial charge on any atom is -0.390 e. The van der Waals surface area contributed by atoms with Crippen LogP contribution in [0.4, 0.5) is 0 Å². The van der Waals surface area contributed by atoms with Crippen LogP contribution in [0.15, 0.2) is 35.9 Å². The van der Waals surface area contributed by atoms with Gasteiger partial charge in [-0.15, -0.1) is 0 Å². The van der Waals surface area contributed by atoms with Crippen molar-refractivity contribution in [3.63, 3.8) is 0 Å². The summed E-state index contributed by atoms with van der Waals surface area (Å²) in [5, 5.41) is 10.5. The van der Waals surface area contributed by atoms with Crippen molar-refractivity contribution in [2.45, 2.75) is 58.5 Å². The van der Waals surface area contributed by atoms with Crippen LogP contribution >= 0.6 is 0 Å². The van der Waals surface area contributed by atoms with E-state index in [0.717, 1.165) is 19.3 Å². The predicted molar refractivity (Wildman–Crippen MR) is 91.7 cm³/mol. The van der Waals surface area contributed by atoms with Gasteiger partial charge in [0, 0.05) is 16.7 Å². The number of carbonyl (C=O) groups excluding carboxylic acids is 2. The number of Topliss-reactive ketones (excluding diaryl/α,β-unsaturated/α-hetero) is 1. The van der Waals surface area contributed by atoms with Gasteiger partial charge < -0.3 is 5.11 Å². The van der Waals surface area contributed by atoms with Crippen molar-refractivity contribution in [1.82, 2.24) is 0 Å². The maximum Gasteiger partial charge on any atom is 0.189 e. The van der Waals surface area contributed by atoms with Gasteiger partial charge in [0.05, 0.1) is 5.60 Å². The quantitative estimate of drug-likeness (QED) is 0.814. The van der Waals surface area contributed by atoms with Gasteiger partial charge in [-0.2, -0.15) is 0 Å². The van der Waals surface area contributed by atoms with Gasteiger partial charge in [0.1, 0.15) is 0 Å². The van der Waals surface area contributed by atoms with Gasteiger partial charge in [-0.25, -0.2) is 0 Å². The fraction of sp³-hybridized carbons (Fsp3) is 0.500. The van der Waals surface area contributed by atoms with E-state index in [2.05, 4.69) is 13.8 Å². The fourth-order valence-corrected chi connectivity index (χ4v) is 2.98. The molecule has 1 unspecified atom stereocenters. The van der Waals surface area contributed by atoms with Gasteiger partial charge in [-0.1, -0.05) is 51.0 Å². The number of aliphatic hydroxyl groups is 1. The Balaban J connectivity index is 1.98. The average Bonchev–Trinajstić information content (AvgIpc) is 2.49. The first-order valence-corrected chi connectivity index (χ1v) is 8.41. The zero-order valence-corrected chi connectivity index (χ0v) is 14.3. The van der Waals surface area contributed by atoms with E-state index in [1.807, 2.05) is 6.92 Å². The van der Waals surface area contributed by atoms with E-state index < -0.39 is 5.60 Å². The van der Waals surface area contributed by atoms with E-state index in [1.54, 1.807) is 24.3 Å². The summed E-state index contributed by atoms with van der Waals surface area (Å²) in [6, 6.07) is 6.92. The second kappa shape index (κ2) is 7.22. The van der Waals surface area contributed by atoms with E-state index in [-0.39, 0.29) is 11.6 Å². The third-order valence-corrected chi connectivity index (χ3v) is 4.46. The minimum atomic E-state index is -0.796. The highest BCUT2D eigenvalue weighted by Crippen LogP contribution is 2.28. The Labute approximate surface area is 138 Å². The second-order valence-electron chi connectivity index (χ2n) is 7.19. The first-order valence-electron chi connectivity index (χ1n) is 8.41. The lowest BCUT2D eigenvalue weighted by molar-refractivity contribution is 0.0387. The van der Waals surface area contributed by atoms with Crippen LogP contribution in [-0.2, 0) is 0 Å². The van der Waals surface area contributed by atoms with Crippen LogP contribution in [0, 0.1) is 5.92 Å². The van der Waals surface area contributed by atoms with Crippen molar-refractivity contribution in [3.05, 3.63) is 47.0 Å². The molecular formula is C20H26O3. The van der Waals surface area contributed by atoms with Crippen LogP contribution in [0.5, 0.6) is 0 Å². The van der Waals surface area contributed by atoms with E-state index in [1.165, 1.54) is 6.08 Å². The summed E-state index contributed by atoms with van der Waals surface area (Å²) in [5.74, 6) is 0.426.